The van der Waals surface area contributed by atoms with Crippen molar-refractivity contribution in [3.8, 4) is 11.5 Å². The highest BCUT2D eigenvalue weighted by Crippen LogP contribution is 2.37. The van der Waals surface area contributed by atoms with E-state index < -0.39 is 0 Å². The fourth-order valence-corrected chi connectivity index (χ4v) is 1.80. The van der Waals surface area contributed by atoms with E-state index in [4.69, 9.17) is 9.47 Å². The lowest BCUT2D eigenvalue weighted by Gasteiger charge is -2.10. The van der Waals surface area contributed by atoms with Gasteiger partial charge in [0.1, 0.15) is 6.29 Å². The predicted molar refractivity (Wildman–Crippen MR) is 62.3 cm³/mol. The van der Waals surface area contributed by atoms with Gasteiger partial charge in [-0.1, -0.05) is 6.08 Å². The molecule has 0 amide bonds. The zero-order chi connectivity index (χ0) is 11.3. The van der Waals surface area contributed by atoms with E-state index in [0.717, 1.165) is 16.3 Å². The number of halogens is 1. The highest BCUT2D eigenvalue weighted by molar-refractivity contribution is 9.10. The minimum absolute atomic E-state index is 0.616. The van der Waals surface area contributed by atoms with Gasteiger partial charge in [0, 0.05) is 0 Å². The smallest absolute Gasteiger partial charge is 0.175 e. The second-order valence-electron chi connectivity index (χ2n) is 2.70. The molecule has 4 heteroatoms. The van der Waals surface area contributed by atoms with Crippen molar-refractivity contribution in [2.75, 3.05) is 14.2 Å². The van der Waals surface area contributed by atoms with Gasteiger partial charge in [0.2, 0.25) is 0 Å². The van der Waals surface area contributed by atoms with Crippen LogP contribution in [0.15, 0.2) is 22.7 Å². The molecule has 0 aliphatic carbocycles. The van der Waals surface area contributed by atoms with Crippen molar-refractivity contribution in [2.45, 2.75) is 0 Å². The lowest BCUT2D eigenvalue weighted by molar-refractivity contribution is -0.104. The minimum atomic E-state index is 0.616. The zero-order valence-corrected chi connectivity index (χ0v) is 10.1. The number of carbonyl (C=O) groups excluding carboxylic acids is 1. The first-order valence-electron chi connectivity index (χ1n) is 4.27. The number of ether oxygens (including phenoxy) is 2. The summed E-state index contributed by atoms with van der Waals surface area (Å²) in [6.45, 7) is 0. The molecule has 0 heterocycles. The second-order valence-corrected chi connectivity index (χ2v) is 3.49. The summed E-state index contributed by atoms with van der Waals surface area (Å²) in [7, 11) is 3.14. The summed E-state index contributed by atoms with van der Waals surface area (Å²) >= 11 is 3.39. The lowest BCUT2D eigenvalue weighted by atomic mass is 10.2. The third kappa shape index (κ3) is 2.59. The van der Waals surface area contributed by atoms with Crippen molar-refractivity contribution in [3.05, 3.63) is 28.2 Å². The summed E-state index contributed by atoms with van der Waals surface area (Å²) in [6, 6.07) is 3.62. The van der Waals surface area contributed by atoms with Gasteiger partial charge in [-0.15, -0.1) is 0 Å². The van der Waals surface area contributed by atoms with E-state index in [1.807, 2.05) is 6.07 Å². The van der Waals surface area contributed by atoms with Gasteiger partial charge >= 0.3 is 0 Å². The zero-order valence-electron chi connectivity index (χ0n) is 8.49. The number of aldehydes is 1. The Labute approximate surface area is 96.8 Å². The van der Waals surface area contributed by atoms with Gasteiger partial charge in [-0.3, -0.25) is 4.79 Å². The SMILES string of the molecule is COc1ccc(/C=C/C=O)c(Br)c1OC. The summed E-state index contributed by atoms with van der Waals surface area (Å²) in [5.74, 6) is 1.26. The fraction of sp³-hybridized carbons (Fsp3) is 0.182. The maximum absolute atomic E-state index is 10.2. The number of rotatable bonds is 4. The molecule has 0 atom stereocenters. The Morgan fingerprint density at radius 2 is 2.00 bits per heavy atom. The van der Waals surface area contributed by atoms with Crippen molar-refractivity contribution in [3.63, 3.8) is 0 Å². The quantitative estimate of drug-likeness (QED) is 0.624. The lowest BCUT2D eigenvalue weighted by Crippen LogP contribution is -1.92. The van der Waals surface area contributed by atoms with Gasteiger partial charge in [-0.2, -0.15) is 0 Å². The second kappa shape index (κ2) is 5.56. The van der Waals surface area contributed by atoms with Crippen LogP contribution < -0.4 is 9.47 Å². The van der Waals surface area contributed by atoms with Crippen molar-refractivity contribution in [1.82, 2.24) is 0 Å². The van der Waals surface area contributed by atoms with E-state index in [0.29, 0.717) is 11.5 Å². The van der Waals surface area contributed by atoms with E-state index in [1.54, 1.807) is 26.4 Å². The third-order valence-electron chi connectivity index (χ3n) is 1.87. The Bertz CT molecular complexity index is 386. The van der Waals surface area contributed by atoms with Crippen molar-refractivity contribution >= 4 is 28.3 Å². The molecule has 0 N–H and O–H groups in total. The summed E-state index contributed by atoms with van der Waals surface area (Å²) in [6.07, 6.45) is 3.84. The van der Waals surface area contributed by atoms with Gasteiger partial charge in [0.25, 0.3) is 0 Å². The molecule has 0 unspecified atom stereocenters. The van der Waals surface area contributed by atoms with Crippen LogP contribution >= 0.6 is 15.9 Å². The molecular weight excluding hydrogens is 260 g/mol. The van der Waals surface area contributed by atoms with Crippen molar-refractivity contribution < 1.29 is 14.3 Å². The minimum Gasteiger partial charge on any atom is -0.493 e. The van der Waals surface area contributed by atoms with Crippen LogP contribution in [0.1, 0.15) is 5.56 Å². The number of hydrogen-bond donors (Lipinski definition) is 0. The van der Waals surface area contributed by atoms with E-state index in [9.17, 15) is 4.79 Å². The summed E-state index contributed by atoms with van der Waals surface area (Å²) in [4.78, 5) is 10.2. The first kappa shape index (κ1) is 11.8. The van der Waals surface area contributed by atoms with E-state index in [2.05, 4.69) is 15.9 Å². The Morgan fingerprint density at radius 1 is 1.27 bits per heavy atom. The molecule has 3 nitrogen and oxygen atoms in total. The molecule has 80 valence electrons. The van der Waals surface area contributed by atoms with E-state index >= 15 is 0 Å². The molecule has 0 fully saturated rings. The maximum Gasteiger partial charge on any atom is 0.175 e. The Kier molecular flexibility index (Phi) is 4.37. The monoisotopic (exact) mass is 270 g/mol. The third-order valence-corrected chi connectivity index (χ3v) is 2.69. The summed E-state index contributed by atoms with van der Waals surface area (Å²) in [5, 5.41) is 0. The Balaban J connectivity index is 3.22. The highest BCUT2D eigenvalue weighted by Gasteiger charge is 2.10. The number of benzene rings is 1. The first-order chi connectivity index (χ1) is 7.24. The van der Waals surface area contributed by atoms with Crippen molar-refractivity contribution in [1.29, 1.82) is 0 Å². The van der Waals surface area contributed by atoms with E-state index in [-0.39, 0.29) is 0 Å². The molecule has 0 saturated carbocycles. The first-order valence-corrected chi connectivity index (χ1v) is 5.06. The van der Waals surface area contributed by atoms with Gasteiger partial charge in [-0.05, 0) is 39.7 Å². The van der Waals surface area contributed by atoms with Crippen LogP contribution in [-0.2, 0) is 4.79 Å². The molecule has 0 radical (unpaired) electrons. The average Bonchev–Trinajstić information content (AvgIpc) is 2.27. The molecule has 1 rings (SSSR count). The van der Waals surface area contributed by atoms with Crippen LogP contribution in [-0.4, -0.2) is 20.5 Å². The van der Waals surface area contributed by atoms with Crippen LogP contribution in [0.25, 0.3) is 6.08 Å². The summed E-state index contributed by atoms with van der Waals surface area (Å²) < 4.78 is 11.1. The van der Waals surface area contributed by atoms with Gasteiger partial charge in [-0.25, -0.2) is 0 Å². The average molecular weight is 271 g/mol. The highest BCUT2D eigenvalue weighted by atomic mass is 79.9. The van der Waals surface area contributed by atoms with Crippen LogP contribution in [0.3, 0.4) is 0 Å². The van der Waals surface area contributed by atoms with Crippen molar-refractivity contribution in [2.24, 2.45) is 0 Å². The molecular formula is C11H11BrO3. The number of allylic oxidation sites excluding steroid dienone is 1. The standard InChI is InChI=1S/C11H11BrO3/c1-14-9-6-5-8(4-3-7-13)10(12)11(9)15-2/h3-7H,1-2H3/b4-3+. The summed E-state index contributed by atoms with van der Waals surface area (Å²) in [5.41, 5.74) is 0.861. The Morgan fingerprint density at radius 3 is 2.53 bits per heavy atom. The molecule has 0 aromatic heterocycles. The van der Waals surface area contributed by atoms with E-state index in [1.165, 1.54) is 6.08 Å². The molecule has 0 aliphatic heterocycles. The molecule has 1 aromatic rings. The van der Waals surface area contributed by atoms with Crippen LogP contribution in [0, 0.1) is 0 Å². The van der Waals surface area contributed by atoms with Gasteiger partial charge < -0.3 is 9.47 Å². The Hall–Kier alpha value is -1.29. The van der Waals surface area contributed by atoms with Crippen LogP contribution in [0.4, 0.5) is 0 Å². The molecule has 0 bridgehead atoms. The number of hydrogen-bond acceptors (Lipinski definition) is 3. The number of methoxy groups -OCH3 is 2. The van der Waals surface area contributed by atoms with Gasteiger partial charge in [0.15, 0.2) is 11.5 Å². The molecule has 1 aromatic carbocycles. The fourth-order valence-electron chi connectivity index (χ4n) is 1.18. The predicted octanol–water partition coefficient (Wildman–Crippen LogP) is 2.68. The largest absolute Gasteiger partial charge is 0.493 e. The molecule has 0 spiro atoms. The number of carbonyl (C=O) groups is 1. The maximum atomic E-state index is 10.2. The molecule has 0 aliphatic rings. The topological polar surface area (TPSA) is 35.5 Å². The van der Waals surface area contributed by atoms with Gasteiger partial charge in [0.05, 0.1) is 18.7 Å². The van der Waals surface area contributed by atoms with Crippen LogP contribution in [0.2, 0.25) is 0 Å². The normalized spacial score (nSPS) is 10.3. The van der Waals surface area contributed by atoms with Crippen LogP contribution in [0.5, 0.6) is 11.5 Å². The molecule has 15 heavy (non-hydrogen) atoms. The molecule has 0 saturated heterocycles.